The third-order valence-electron chi connectivity index (χ3n) is 3.25. The van der Waals surface area contributed by atoms with Gasteiger partial charge in [-0.2, -0.15) is 0 Å². The molecule has 2 aromatic carbocycles. The molecule has 2 rings (SSSR count). The van der Waals surface area contributed by atoms with Gasteiger partial charge >= 0.3 is 0 Å². The van der Waals surface area contributed by atoms with Gasteiger partial charge in [0.05, 0.1) is 0 Å². The summed E-state index contributed by atoms with van der Waals surface area (Å²) in [7, 11) is 0. The molecule has 0 saturated carbocycles. The van der Waals surface area contributed by atoms with Gasteiger partial charge < -0.3 is 10.4 Å². The van der Waals surface area contributed by atoms with Gasteiger partial charge in [-0.15, -0.1) is 0 Å². The van der Waals surface area contributed by atoms with Crippen molar-refractivity contribution in [3.8, 4) is 5.75 Å². The van der Waals surface area contributed by atoms with Crippen molar-refractivity contribution in [2.75, 3.05) is 0 Å². The summed E-state index contributed by atoms with van der Waals surface area (Å²) in [5, 5.41) is 12.8. The number of hydrogen-bond donors (Lipinski definition) is 2. The van der Waals surface area contributed by atoms with Gasteiger partial charge in [0.15, 0.2) is 0 Å². The number of hydrogen-bond acceptors (Lipinski definition) is 2. The first-order valence-electron chi connectivity index (χ1n) is 6.70. The summed E-state index contributed by atoms with van der Waals surface area (Å²) in [6, 6.07) is 16.4. The maximum absolute atomic E-state index is 9.25. The van der Waals surface area contributed by atoms with Gasteiger partial charge in [0.25, 0.3) is 0 Å². The highest BCUT2D eigenvalue weighted by Gasteiger charge is 2.03. The Morgan fingerprint density at radius 1 is 0.947 bits per heavy atom. The Morgan fingerprint density at radius 3 is 2.16 bits per heavy atom. The zero-order valence-corrected chi connectivity index (χ0v) is 11.6. The number of aryl methyl sites for hydroxylation is 1. The van der Waals surface area contributed by atoms with Gasteiger partial charge in [-0.1, -0.05) is 42.0 Å². The molecular weight excluding hydrogens is 234 g/mol. The van der Waals surface area contributed by atoms with E-state index in [9.17, 15) is 5.11 Å². The lowest BCUT2D eigenvalue weighted by molar-refractivity contribution is 0.474. The van der Waals surface area contributed by atoms with E-state index < -0.39 is 0 Å². The van der Waals surface area contributed by atoms with Crippen LogP contribution in [0, 0.1) is 6.92 Å². The Balaban J connectivity index is 1.82. The van der Waals surface area contributed by atoms with Crippen LogP contribution in [0.5, 0.6) is 5.75 Å². The molecule has 0 aromatic heterocycles. The molecule has 2 N–H and O–H groups in total. The van der Waals surface area contributed by atoms with Crippen molar-refractivity contribution in [1.29, 1.82) is 0 Å². The van der Waals surface area contributed by atoms with Crippen LogP contribution in [-0.2, 0) is 13.0 Å². The van der Waals surface area contributed by atoms with Crippen LogP contribution in [0.1, 0.15) is 23.6 Å². The second kappa shape index (κ2) is 6.39. The van der Waals surface area contributed by atoms with Crippen LogP contribution in [0.25, 0.3) is 0 Å². The molecule has 0 saturated heterocycles. The number of nitrogens with one attached hydrogen (secondary N) is 1. The van der Waals surface area contributed by atoms with Crippen molar-refractivity contribution < 1.29 is 5.11 Å². The third-order valence-corrected chi connectivity index (χ3v) is 3.25. The van der Waals surface area contributed by atoms with E-state index in [1.54, 1.807) is 12.1 Å². The standard InChI is InChI=1S/C17H21NO/c1-13-3-5-16(6-4-13)12-18-14(2)11-15-7-9-17(19)10-8-15/h3-10,14,18-19H,11-12H2,1-2H3. The van der Waals surface area contributed by atoms with Gasteiger partial charge in [0, 0.05) is 12.6 Å². The van der Waals surface area contributed by atoms with Crippen LogP contribution in [-0.4, -0.2) is 11.1 Å². The Bertz CT molecular complexity index is 502. The molecule has 0 heterocycles. The Kier molecular flexibility index (Phi) is 4.58. The third kappa shape index (κ3) is 4.42. The molecule has 1 unspecified atom stereocenters. The zero-order valence-electron chi connectivity index (χ0n) is 11.6. The predicted octanol–water partition coefficient (Wildman–Crippen LogP) is 3.42. The van der Waals surface area contributed by atoms with E-state index in [1.807, 2.05) is 12.1 Å². The SMILES string of the molecule is Cc1ccc(CNC(C)Cc2ccc(O)cc2)cc1. The lowest BCUT2D eigenvalue weighted by atomic mass is 10.1. The summed E-state index contributed by atoms with van der Waals surface area (Å²) in [6.07, 6.45) is 0.964. The first-order valence-corrected chi connectivity index (χ1v) is 6.70. The van der Waals surface area contributed by atoms with Gasteiger partial charge in [-0.25, -0.2) is 0 Å². The first kappa shape index (κ1) is 13.6. The molecule has 2 aromatic rings. The van der Waals surface area contributed by atoms with E-state index >= 15 is 0 Å². The largest absolute Gasteiger partial charge is 0.508 e. The van der Waals surface area contributed by atoms with Crippen LogP contribution in [0.3, 0.4) is 0 Å². The number of phenolic OH excluding ortho intramolecular Hbond substituents is 1. The van der Waals surface area contributed by atoms with Crippen molar-refractivity contribution in [2.24, 2.45) is 0 Å². The van der Waals surface area contributed by atoms with Crippen molar-refractivity contribution in [3.63, 3.8) is 0 Å². The molecular formula is C17H21NO. The molecule has 100 valence electrons. The van der Waals surface area contributed by atoms with Gasteiger partial charge in [-0.3, -0.25) is 0 Å². The maximum atomic E-state index is 9.25. The minimum Gasteiger partial charge on any atom is -0.508 e. The summed E-state index contributed by atoms with van der Waals surface area (Å²) in [6.45, 7) is 5.17. The van der Waals surface area contributed by atoms with Crippen LogP contribution in [0.2, 0.25) is 0 Å². The minimum absolute atomic E-state index is 0.323. The van der Waals surface area contributed by atoms with E-state index in [4.69, 9.17) is 0 Å². The summed E-state index contributed by atoms with van der Waals surface area (Å²) >= 11 is 0. The quantitative estimate of drug-likeness (QED) is 0.858. The fraction of sp³-hybridized carbons (Fsp3) is 0.294. The van der Waals surface area contributed by atoms with Crippen molar-refractivity contribution >= 4 is 0 Å². The lowest BCUT2D eigenvalue weighted by Gasteiger charge is -2.14. The predicted molar refractivity (Wildman–Crippen MR) is 79.3 cm³/mol. The second-order valence-corrected chi connectivity index (χ2v) is 5.14. The monoisotopic (exact) mass is 255 g/mol. The van der Waals surface area contributed by atoms with E-state index in [0.29, 0.717) is 11.8 Å². The van der Waals surface area contributed by atoms with Gasteiger partial charge in [-0.05, 0) is 43.5 Å². The highest BCUT2D eigenvalue weighted by molar-refractivity contribution is 5.26. The Labute approximate surface area is 115 Å². The zero-order chi connectivity index (χ0) is 13.7. The Hall–Kier alpha value is -1.80. The number of aromatic hydroxyl groups is 1. The maximum Gasteiger partial charge on any atom is 0.115 e. The summed E-state index contributed by atoms with van der Waals surface area (Å²) in [5.41, 5.74) is 3.84. The van der Waals surface area contributed by atoms with Crippen LogP contribution in [0.4, 0.5) is 0 Å². The smallest absolute Gasteiger partial charge is 0.115 e. The summed E-state index contributed by atoms with van der Waals surface area (Å²) in [4.78, 5) is 0. The lowest BCUT2D eigenvalue weighted by Crippen LogP contribution is -2.27. The molecule has 0 aliphatic carbocycles. The highest BCUT2D eigenvalue weighted by Crippen LogP contribution is 2.11. The topological polar surface area (TPSA) is 32.3 Å². The molecule has 0 radical (unpaired) electrons. The molecule has 0 bridgehead atoms. The summed E-state index contributed by atoms with van der Waals surface area (Å²) in [5.74, 6) is 0.323. The van der Waals surface area contributed by atoms with E-state index in [-0.39, 0.29) is 0 Å². The molecule has 0 amide bonds. The minimum atomic E-state index is 0.323. The fourth-order valence-electron chi connectivity index (χ4n) is 2.06. The normalized spacial score (nSPS) is 12.3. The van der Waals surface area contributed by atoms with Gasteiger partial charge in [0.2, 0.25) is 0 Å². The molecule has 0 aliphatic rings. The van der Waals surface area contributed by atoms with Crippen molar-refractivity contribution in [2.45, 2.75) is 32.9 Å². The van der Waals surface area contributed by atoms with Gasteiger partial charge in [0.1, 0.15) is 5.75 Å². The molecule has 0 aliphatic heterocycles. The molecule has 0 spiro atoms. The van der Waals surface area contributed by atoms with Crippen molar-refractivity contribution in [1.82, 2.24) is 5.32 Å². The summed E-state index contributed by atoms with van der Waals surface area (Å²) < 4.78 is 0. The average molecular weight is 255 g/mol. The number of benzene rings is 2. The van der Waals surface area contributed by atoms with E-state index in [2.05, 4.69) is 43.4 Å². The highest BCUT2D eigenvalue weighted by atomic mass is 16.3. The molecule has 1 atom stereocenters. The van der Waals surface area contributed by atoms with Crippen LogP contribution in [0.15, 0.2) is 48.5 Å². The fourth-order valence-corrected chi connectivity index (χ4v) is 2.06. The molecule has 0 fully saturated rings. The van der Waals surface area contributed by atoms with Crippen LogP contribution < -0.4 is 5.32 Å². The first-order chi connectivity index (χ1) is 9.13. The number of phenols is 1. The number of rotatable bonds is 5. The van der Waals surface area contributed by atoms with E-state index in [1.165, 1.54) is 16.7 Å². The molecule has 19 heavy (non-hydrogen) atoms. The molecule has 2 heteroatoms. The second-order valence-electron chi connectivity index (χ2n) is 5.14. The average Bonchev–Trinajstić information content (AvgIpc) is 2.41. The Morgan fingerprint density at radius 2 is 1.53 bits per heavy atom. The van der Waals surface area contributed by atoms with E-state index in [0.717, 1.165) is 13.0 Å². The molecule has 2 nitrogen and oxygen atoms in total. The van der Waals surface area contributed by atoms with Crippen molar-refractivity contribution in [3.05, 3.63) is 65.2 Å². The van der Waals surface area contributed by atoms with Crippen LogP contribution >= 0.6 is 0 Å².